The van der Waals surface area contributed by atoms with E-state index >= 15 is 0 Å². The molecular formula is C17H27NO. The van der Waals surface area contributed by atoms with Crippen molar-refractivity contribution in [3.63, 3.8) is 0 Å². The highest BCUT2D eigenvalue weighted by atomic mass is 16.5. The fourth-order valence-electron chi connectivity index (χ4n) is 3.39. The Hall–Kier alpha value is -1.02. The van der Waals surface area contributed by atoms with Crippen LogP contribution in [0.1, 0.15) is 56.6 Å². The molecule has 1 aliphatic carbocycles. The van der Waals surface area contributed by atoms with Crippen LogP contribution in [0.4, 0.5) is 0 Å². The van der Waals surface area contributed by atoms with Gasteiger partial charge >= 0.3 is 0 Å². The van der Waals surface area contributed by atoms with Crippen LogP contribution < -0.4 is 10.1 Å². The van der Waals surface area contributed by atoms with Crippen LogP contribution in [0, 0.1) is 5.92 Å². The number of hydrogen-bond acceptors (Lipinski definition) is 2. The largest absolute Gasteiger partial charge is 0.496 e. The molecule has 106 valence electrons. The number of benzene rings is 1. The van der Waals surface area contributed by atoms with Gasteiger partial charge in [0.25, 0.3) is 0 Å². The number of ether oxygens (including phenoxy) is 1. The molecule has 1 fully saturated rings. The predicted octanol–water partition coefficient (Wildman–Crippen LogP) is 4.32. The van der Waals surface area contributed by atoms with Gasteiger partial charge in [-0.3, -0.25) is 0 Å². The molecule has 2 rings (SSSR count). The third-order valence-corrected chi connectivity index (χ3v) is 4.41. The van der Waals surface area contributed by atoms with Gasteiger partial charge in [-0.1, -0.05) is 50.3 Å². The summed E-state index contributed by atoms with van der Waals surface area (Å²) >= 11 is 0. The van der Waals surface area contributed by atoms with E-state index in [9.17, 15) is 0 Å². The van der Waals surface area contributed by atoms with Crippen LogP contribution in [0.2, 0.25) is 0 Å². The molecule has 2 heteroatoms. The molecule has 1 aromatic rings. The number of rotatable bonds is 4. The Morgan fingerprint density at radius 2 is 1.68 bits per heavy atom. The normalized spacial score (nSPS) is 19.5. The van der Waals surface area contributed by atoms with Crippen molar-refractivity contribution in [1.29, 1.82) is 0 Å². The van der Waals surface area contributed by atoms with Gasteiger partial charge in [-0.25, -0.2) is 0 Å². The Labute approximate surface area is 117 Å². The van der Waals surface area contributed by atoms with Crippen LogP contribution in [0.5, 0.6) is 5.75 Å². The zero-order valence-electron chi connectivity index (χ0n) is 12.3. The average Bonchev–Trinajstić information content (AvgIpc) is 2.42. The van der Waals surface area contributed by atoms with Gasteiger partial charge in [-0.15, -0.1) is 0 Å². The molecule has 1 atom stereocenters. The van der Waals surface area contributed by atoms with Crippen LogP contribution in [-0.2, 0) is 0 Å². The summed E-state index contributed by atoms with van der Waals surface area (Å²) in [6.07, 6.45) is 9.65. The van der Waals surface area contributed by atoms with E-state index in [-0.39, 0.29) is 0 Å². The van der Waals surface area contributed by atoms with Crippen molar-refractivity contribution >= 4 is 0 Å². The number of para-hydroxylation sites is 1. The summed E-state index contributed by atoms with van der Waals surface area (Å²) in [5.74, 6) is 1.76. The first-order valence-corrected chi connectivity index (χ1v) is 7.67. The lowest BCUT2D eigenvalue weighted by atomic mass is 9.82. The Kier molecular flexibility index (Phi) is 5.71. The van der Waals surface area contributed by atoms with E-state index in [4.69, 9.17) is 4.74 Å². The third kappa shape index (κ3) is 3.73. The zero-order valence-corrected chi connectivity index (χ0v) is 12.3. The van der Waals surface area contributed by atoms with Gasteiger partial charge in [0.2, 0.25) is 0 Å². The van der Waals surface area contributed by atoms with E-state index in [2.05, 4.69) is 30.6 Å². The molecule has 0 spiro atoms. The topological polar surface area (TPSA) is 21.3 Å². The van der Waals surface area contributed by atoms with Crippen molar-refractivity contribution < 1.29 is 4.74 Å². The summed E-state index contributed by atoms with van der Waals surface area (Å²) < 4.78 is 5.53. The van der Waals surface area contributed by atoms with E-state index in [0.717, 1.165) is 11.7 Å². The van der Waals surface area contributed by atoms with Crippen molar-refractivity contribution in [2.75, 3.05) is 14.2 Å². The van der Waals surface area contributed by atoms with Gasteiger partial charge in [0, 0.05) is 11.6 Å². The molecule has 0 aromatic heterocycles. The summed E-state index contributed by atoms with van der Waals surface area (Å²) in [5.41, 5.74) is 1.32. The van der Waals surface area contributed by atoms with Gasteiger partial charge in [0.15, 0.2) is 0 Å². The van der Waals surface area contributed by atoms with E-state index in [1.54, 1.807) is 7.11 Å². The van der Waals surface area contributed by atoms with Crippen LogP contribution in [-0.4, -0.2) is 14.2 Å². The first kappa shape index (κ1) is 14.4. The molecule has 19 heavy (non-hydrogen) atoms. The molecule has 0 aliphatic heterocycles. The van der Waals surface area contributed by atoms with Gasteiger partial charge in [0.05, 0.1) is 7.11 Å². The molecule has 0 radical (unpaired) electrons. The van der Waals surface area contributed by atoms with Gasteiger partial charge < -0.3 is 10.1 Å². The van der Waals surface area contributed by atoms with E-state index < -0.39 is 0 Å². The maximum Gasteiger partial charge on any atom is 0.123 e. The lowest BCUT2D eigenvalue weighted by molar-refractivity contribution is 0.291. The lowest BCUT2D eigenvalue weighted by Crippen LogP contribution is -2.26. The average molecular weight is 261 g/mol. The second-order valence-corrected chi connectivity index (χ2v) is 5.61. The minimum absolute atomic E-state index is 0.425. The Balaban J connectivity index is 2.17. The first-order chi connectivity index (χ1) is 9.36. The summed E-state index contributed by atoms with van der Waals surface area (Å²) in [5, 5.41) is 3.53. The van der Waals surface area contributed by atoms with Crippen LogP contribution >= 0.6 is 0 Å². The van der Waals surface area contributed by atoms with Crippen molar-refractivity contribution in [1.82, 2.24) is 5.32 Å². The number of methoxy groups -OCH3 is 1. The fraction of sp³-hybridized carbons (Fsp3) is 0.647. The molecule has 1 N–H and O–H groups in total. The summed E-state index contributed by atoms with van der Waals surface area (Å²) in [4.78, 5) is 0. The minimum Gasteiger partial charge on any atom is -0.496 e. The van der Waals surface area contributed by atoms with Crippen LogP contribution in [0.15, 0.2) is 24.3 Å². The molecule has 1 aliphatic rings. The zero-order chi connectivity index (χ0) is 13.5. The van der Waals surface area contributed by atoms with Crippen molar-refractivity contribution in [2.24, 2.45) is 5.92 Å². The summed E-state index contributed by atoms with van der Waals surface area (Å²) in [6.45, 7) is 0. The van der Waals surface area contributed by atoms with Crippen molar-refractivity contribution in [2.45, 2.75) is 51.0 Å². The maximum absolute atomic E-state index is 5.53. The third-order valence-electron chi connectivity index (χ3n) is 4.41. The molecular weight excluding hydrogens is 234 g/mol. The smallest absolute Gasteiger partial charge is 0.123 e. The van der Waals surface area contributed by atoms with Gasteiger partial charge in [-0.2, -0.15) is 0 Å². The molecule has 2 nitrogen and oxygen atoms in total. The number of nitrogens with one attached hydrogen (secondary N) is 1. The lowest BCUT2D eigenvalue weighted by Gasteiger charge is -2.30. The van der Waals surface area contributed by atoms with E-state index in [0.29, 0.717) is 6.04 Å². The number of hydrogen-bond donors (Lipinski definition) is 1. The fourth-order valence-corrected chi connectivity index (χ4v) is 3.39. The van der Waals surface area contributed by atoms with Crippen LogP contribution in [0.25, 0.3) is 0 Å². The summed E-state index contributed by atoms with van der Waals surface area (Å²) in [7, 11) is 3.85. The molecule has 1 unspecified atom stereocenters. The minimum atomic E-state index is 0.425. The van der Waals surface area contributed by atoms with E-state index in [1.807, 2.05) is 6.07 Å². The molecule has 1 aromatic carbocycles. The molecule has 0 amide bonds. The first-order valence-electron chi connectivity index (χ1n) is 7.67. The monoisotopic (exact) mass is 261 g/mol. The van der Waals surface area contributed by atoms with Gasteiger partial charge in [-0.05, 0) is 31.9 Å². The SMILES string of the molecule is CNC(c1ccccc1OC)C1CCCCCCC1. The second kappa shape index (κ2) is 7.54. The Morgan fingerprint density at radius 1 is 1.05 bits per heavy atom. The van der Waals surface area contributed by atoms with Crippen molar-refractivity contribution in [3.8, 4) is 5.75 Å². The molecule has 0 saturated heterocycles. The van der Waals surface area contributed by atoms with E-state index in [1.165, 1.54) is 50.5 Å². The highest BCUT2D eigenvalue weighted by Crippen LogP contribution is 2.36. The molecule has 1 saturated carbocycles. The molecule has 0 heterocycles. The van der Waals surface area contributed by atoms with Gasteiger partial charge in [0.1, 0.15) is 5.75 Å². The molecule has 0 bridgehead atoms. The Morgan fingerprint density at radius 3 is 2.32 bits per heavy atom. The maximum atomic E-state index is 5.53. The standard InChI is InChI=1S/C17H27NO/c1-18-17(14-10-6-4-3-5-7-11-14)15-12-8-9-13-16(15)19-2/h8-9,12-14,17-18H,3-7,10-11H2,1-2H3. The summed E-state index contributed by atoms with van der Waals surface area (Å²) in [6, 6.07) is 8.87. The Bertz CT molecular complexity index is 369. The van der Waals surface area contributed by atoms with Crippen molar-refractivity contribution in [3.05, 3.63) is 29.8 Å². The quantitative estimate of drug-likeness (QED) is 0.871. The highest BCUT2D eigenvalue weighted by Gasteiger charge is 2.24. The predicted molar refractivity (Wildman–Crippen MR) is 80.6 cm³/mol. The second-order valence-electron chi connectivity index (χ2n) is 5.61. The highest BCUT2D eigenvalue weighted by molar-refractivity contribution is 5.36. The van der Waals surface area contributed by atoms with Crippen LogP contribution in [0.3, 0.4) is 0 Å².